The minimum atomic E-state index is 0.258. The van der Waals surface area contributed by atoms with Crippen molar-refractivity contribution in [2.24, 2.45) is 11.7 Å². The molecule has 0 bridgehead atoms. The molecule has 1 rings (SSSR count). The van der Waals surface area contributed by atoms with E-state index in [1.807, 2.05) is 0 Å². The van der Waals surface area contributed by atoms with Gasteiger partial charge in [-0.05, 0) is 32.2 Å². The zero-order valence-electron chi connectivity index (χ0n) is 10.5. The van der Waals surface area contributed by atoms with E-state index in [0.29, 0.717) is 0 Å². The summed E-state index contributed by atoms with van der Waals surface area (Å²) in [6.45, 7) is 5.07. The van der Waals surface area contributed by atoms with Crippen LogP contribution in [0.15, 0.2) is 0 Å². The number of methoxy groups -OCH3 is 1. The number of nitrogens with zero attached hydrogens (tertiary/aromatic N) is 1. The van der Waals surface area contributed by atoms with E-state index in [2.05, 4.69) is 18.9 Å². The highest BCUT2D eigenvalue weighted by atomic mass is 16.5. The summed E-state index contributed by atoms with van der Waals surface area (Å²) in [4.78, 5) is 2.46. The first-order valence-electron chi connectivity index (χ1n) is 6.07. The van der Waals surface area contributed by atoms with Crippen LogP contribution in [0.5, 0.6) is 0 Å². The molecule has 1 fully saturated rings. The molecule has 0 aliphatic heterocycles. The lowest BCUT2D eigenvalue weighted by Gasteiger charge is -2.41. The van der Waals surface area contributed by atoms with Gasteiger partial charge in [-0.25, -0.2) is 0 Å². The lowest BCUT2D eigenvalue weighted by atomic mass is 9.86. The minimum Gasteiger partial charge on any atom is -0.385 e. The molecule has 0 amide bonds. The van der Waals surface area contributed by atoms with E-state index >= 15 is 0 Å². The monoisotopic (exact) mass is 214 g/mol. The third kappa shape index (κ3) is 2.71. The molecule has 1 aliphatic carbocycles. The highest BCUT2D eigenvalue weighted by Crippen LogP contribution is 2.38. The summed E-state index contributed by atoms with van der Waals surface area (Å²) in [7, 11) is 3.97. The average molecular weight is 214 g/mol. The smallest absolute Gasteiger partial charge is 0.0474 e. The minimum absolute atomic E-state index is 0.258. The van der Waals surface area contributed by atoms with Crippen molar-refractivity contribution >= 4 is 0 Å². The fourth-order valence-electron chi connectivity index (χ4n) is 2.92. The number of ether oxygens (including phenoxy) is 1. The van der Waals surface area contributed by atoms with E-state index in [1.54, 1.807) is 7.11 Å². The Morgan fingerprint density at radius 2 is 2.27 bits per heavy atom. The van der Waals surface area contributed by atoms with Gasteiger partial charge in [0.25, 0.3) is 0 Å². The van der Waals surface area contributed by atoms with Crippen LogP contribution >= 0.6 is 0 Å². The van der Waals surface area contributed by atoms with Crippen molar-refractivity contribution in [1.82, 2.24) is 4.90 Å². The highest BCUT2D eigenvalue weighted by molar-refractivity contribution is 4.99. The molecule has 0 spiro atoms. The summed E-state index contributed by atoms with van der Waals surface area (Å²) in [6, 6.07) is 0. The van der Waals surface area contributed by atoms with Crippen LogP contribution in [0.3, 0.4) is 0 Å². The van der Waals surface area contributed by atoms with Gasteiger partial charge in [0.1, 0.15) is 0 Å². The Morgan fingerprint density at radius 3 is 2.73 bits per heavy atom. The van der Waals surface area contributed by atoms with Gasteiger partial charge in [-0.1, -0.05) is 13.3 Å². The standard InChI is InChI=1S/C12H26N2O/c1-11-6-4-7-12(11,10-13)14(2)8-5-9-15-3/h11H,4-10,13H2,1-3H3. The molecule has 0 heterocycles. The number of nitrogens with two attached hydrogens (primary N) is 1. The van der Waals surface area contributed by atoms with Crippen LogP contribution in [0, 0.1) is 5.92 Å². The second kappa shape index (κ2) is 5.83. The third-order valence-electron chi connectivity index (χ3n) is 4.12. The fraction of sp³-hybridized carbons (Fsp3) is 1.00. The maximum atomic E-state index is 5.99. The van der Waals surface area contributed by atoms with Gasteiger partial charge in [-0.2, -0.15) is 0 Å². The number of hydrogen-bond donors (Lipinski definition) is 1. The Labute approximate surface area is 94.0 Å². The lowest BCUT2D eigenvalue weighted by molar-refractivity contribution is 0.0791. The molecule has 2 unspecified atom stereocenters. The van der Waals surface area contributed by atoms with Crippen molar-refractivity contribution in [2.45, 2.75) is 38.1 Å². The number of likely N-dealkylation sites (N-methyl/N-ethyl adjacent to an activating group) is 1. The molecule has 3 heteroatoms. The van der Waals surface area contributed by atoms with E-state index in [1.165, 1.54) is 19.3 Å². The average Bonchev–Trinajstić information content (AvgIpc) is 2.61. The molecule has 0 aromatic carbocycles. The first-order chi connectivity index (χ1) is 7.17. The van der Waals surface area contributed by atoms with E-state index in [4.69, 9.17) is 10.5 Å². The first-order valence-corrected chi connectivity index (χ1v) is 6.07. The SMILES string of the molecule is COCCCN(C)C1(CN)CCCC1C. The van der Waals surface area contributed by atoms with E-state index in [9.17, 15) is 0 Å². The van der Waals surface area contributed by atoms with Gasteiger partial charge in [-0.3, -0.25) is 4.90 Å². The van der Waals surface area contributed by atoms with Crippen molar-refractivity contribution in [3.63, 3.8) is 0 Å². The van der Waals surface area contributed by atoms with Gasteiger partial charge >= 0.3 is 0 Å². The van der Waals surface area contributed by atoms with Crippen LogP contribution in [-0.2, 0) is 4.74 Å². The number of hydrogen-bond acceptors (Lipinski definition) is 3. The molecule has 15 heavy (non-hydrogen) atoms. The van der Waals surface area contributed by atoms with Gasteiger partial charge < -0.3 is 10.5 Å². The van der Waals surface area contributed by atoms with Crippen LogP contribution in [0.1, 0.15) is 32.6 Å². The van der Waals surface area contributed by atoms with Crippen molar-refractivity contribution in [3.05, 3.63) is 0 Å². The molecule has 3 nitrogen and oxygen atoms in total. The normalized spacial score (nSPS) is 31.4. The van der Waals surface area contributed by atoms with Gasteiger partial charge in [-0.15, -0.1) is 0 Å². The first kappa shape index (κ1) is 12.9. The van der Waals surface area contributed by atoms with E-state index in [0.717, 1.165) is 32.0 Å². The van der Waals surface area contributed by atoms with Gasteiger partial charge in [0.05, 0.1) is 0 Å². The molecule has 0 saturated heterocycles. The van der Waals surface area contributed by atoms with Crippen LogP contribution in [-0.4, -0.2) is 44.3 Å². The largest absolute Gasteiger partial charge is 0.385 e. The Hall–Kier alpha value is -0.120. The van der Waals surface area contributed by atoms with Crippen LogP contribution in [0.4, 0.5) is 0 Å². The molecule has 0 aromatic heterocycles. The summed E-state index contributed by atoms with van der Waals surface area (Å²) < 4.78 is 5.09. The zero-order chi connectivity index (χ0) is 11.3. The molecule has 1 saturated carbocycles. The summed E-state index contributed by atoms with van der Waals surface area (Å²) >= 11 is 0. The van der Waals surface area contributed by atoms with Crippen molar-refractivity contribution in [3.8, 4) is 0 Å². The summed E-state index contributed by atoms with van der Waals surface area (Å²) in [5.41, 5.74) is 6.25. The molecule has 2 atom stereocenters. The maximum absolute atomic E-state index is 5.99. The Balaban J connectivity index is 2.49. The van der Waals surface area contributed by atoms with E-state index < -0.39 is 0 Å². The molecule has 2 N–H and O–H groups in total. The van der Waals surface area contributed by atoms with Crippen LogP contribution < -0.4 is 5.73 Å². The molecular weight excluding hydrogens is 188 g/mol. The maximum Gasteiger partial charge on any atom is 0.0474 e. The Morgan fingerprint density at radius 1 is 1.53 bits per heavy atom. The summed E-state index contributed by atoms with van der Waals surface area (Å²) in [5, 5.41) is 0. The van der Waals surface area contributed by atoms with Crippen LogP contribution in [0.25, 0.3) is 0 Å². The predicted octanol–water partition coefficient (Wildman–Crippen LogP) is 1.47. The summed E-state index contributed by atoms with van der Waals surface area (Å²) in [5.74, 6) is 0.732. The quantitative estimate of drug-likeness (QED) is 0.681. The zero-order valence-corrected chi connectivity index (χ0v) is 10.5. The topological polar surface area (TPSA) is 38.5 Å². The van der Waals surface area contributed by atoms with Crippen molar-refractivity contribution in [1.29, 1.82) is 0 Å². The predicted molar refractivity (Wildman–Crippen MR) is 63.9 cm³/mol. The number of rotatable bonds is 6. The van der Waals surface area contributed by atoms with Gasteiger partial charge in [0.15, 0.2) is 0 Å². The molecule has 0 radical (unpaired) electrons. The second-order valence-corrected chi connectivity index (χ2v) is 4.87. The Kier molecular flexibility index (Phi) is 5.03. The van der Waals surface area contributed by atoms with Crippen LogP contribution in [0.2, 0.25) is 0 Å². The molecular formula is C12H26N2O. The van der Waals surface area contributed by atoms with Gasteiger partial charge in [0.2, 0.25) is 0 Å². The summed E-state index contributed by atoms with van der Waals surface area (Å²) in [6.07, 6.45) is 5.01. The van der Waals surface area contributed by atoms with E-state index in [-0.39, 0.29) is 5.54 Å². The fourth-order valence-corrected chi connectivity index (χ4v) is 2.92. The molecule has 1 aliphatic rings. The molecule has 90 valence electrons. The van der Waals surface area contributed by atoms with Crippen molar-refractivity contribution < 1.29 is 4.74 Å². The Bertz CT molecular complexity index is 186. The second-order valence-electron chi connectivity index (χ2n) is 4.87. The van der Waals surface area contributed by atoms with Crippen molar-refractivity contribution in [2.75, 3.05) is 33.9 Å². The molecule has 0 aromatic rings. The third-order valence-corrected chi connectivity index (χ3v) is 4.12. The van der Waals surface area contributed by atoms with Gasteiger partial charge in [0, 0.05) is 32.3 Å². The lowest BCUT2D eigenvalue weighted by Crippen LogP contribution is -2.54. The highest BCUT2D eigenvalue weighted by Gasteiger charge is 2.41.